The van der Waals surface area contributed by atoms with Gasteiger partial charge in [-0.25, -0.2) is 9.38 Å². The van der Waals surface area contributed by atoms with Gasteiger partial charge in [-0.1, -0.05) is 0 Å². The third kappa shape index (κ3) is 2.01. The summed E-state index contributed by atoms with van der Waals surface area (Å²) in [4.78, 5) is 4.37. The van der Waals surface area contributed by atoms with Crippen molar-refractivity contribution in [1.82, 2.24) is 0 Å². The van der Waals surface area contributed by atoms with Crippen molar-refractivity contribution in [2.75, 3.05) is 13.7 Å². The summed E-state index contributed by atoms with van der Waals surface area (Å²) in [5, 5.41) is 0. The largest absolute Gasteiger partial charge is 0.494 e. The molecule has 0 fully saturated rings. The van der Waals surface area contributed by atoms with Gasteiger partial charge in [-0.15, -0.1) is 0 Å². The van der Waals surface area contributed by atoms with Crippen LogP contribution in [0.3, 0.4) is 0 Å². The zero-order chi connectivity index (χ0) is 11.8. The first-order valence-electron chi connectivity index (χ1n) is 5.08. The molecular weight excluding hydrogens is 209 g/mol. The smallest absolute Gasteiger partial charge is 0.216 e. The van der Waals surface area contributed by atoms with Crippen LogP contribution in [0.2, 0.25) is 0 Å². The lowest BCUT2D eigenvalue weighted by atomic mass is 10.1. The standard InChI is InChI=1S/C12H14FNO2/c1-12(2)7-16-11(14-12)8-4-5-10(15-3)9(13)6-8/h4-6H,7H2,1-3H3. The van der Waals surface area contributed by atoms with Crippen molar-refractivity contribution in [1.29, 1.82) is 0 Å². The van der Waals surface area contributed by atoms with E-state index in [4.69, 9.17) is 9.47 Å². The molecule has 0 amide bonds. The molecule has 0 unspecified atom stereocenters. The van der Waals surface area contributed by atoms with Gasteiger partial charge in [0.25, 0.3) is 0 Å². The number of methoxy groups -OCH3 is 1. The SMILES string of the molecule is COc1ccc(C2=NC(C)(C)CO2)cc1F. The minimum Gasteiger partial charge on any atom is -0.494 e. The summed E-state index contributed by atoms with van der Waals surface area (Å²) in [7, 11) is 1.44. The number of aliphatic imine (C=N–C) groups is 1. The Kier molecular flexibility index (Phi) is 2.58. The van der Waals surface area contributed by atoms with Gasteiger partial charge in [0.15, 0.2) is 11.6 Å². The highest BCUT2D eigenvalue weighted by Gasteiger charge is 2.27. The quantitative estimate of drug-likeness (QED) is 0.770. The molecule has 1 aromatic carbocycles. The second kappa shape index (κ2) is 3.77. The van der Waals surface area contributed by atoms with Crippen molar-refractivity contribution >= 4 is 5.90 Å². The summed E-state index contributed by atoms with van der Waals surface area (Å²) in [6.45, 7) is 4.47. The number of hydrogen-bond donors (Lipinski definition) is 0. The predicted octanol–water partition coefficient (Wildman–Crippen LogP) is 2.39. The van der Waals surface area contributed by atoms with E-state index >= 15 is 0 Å². The van der Waals surface area contributed by atoms with Gasteiger partial charge in [0.2, 0.25) is 5.90 Å². The van der Waals surface area contributed by atoms with E-state index in [9.17, 15) is 4.39 Å². The molecule has 1 aliphatic heterocycles. The van der Waals surface area contributed by atoms with E-state index in [0.29, 0.717) is 18.1 Å². The average molecular weight is 223 g/mol. The molecule has 1 heterocycles. The minimum absolute atomic E-state index is 0.224. The van der Waals surface area contributed by atoms with Crippen molar-refractivity contribution < 1.29 is 13.9 Å². The van der Waals surface area contributed by atoms with Crippen LogP contribution in [-0.2, 0) is 4.74 Å². The lowest BCUT2D eigenvalue weighted by molar-refractivity contribution is 0.279. The van der Waals surface area contributed by atoms with Crippen molar-refractivity contribution in [3.8, 4) is 5.75 Å². The van der Waals surface area contributed by atoms with Crippen LogP contribution in [0.1, 0.15) is 19.4 Å². The Hall–Kier alpha value is -1.58. The third-order valence-corrected chi connectivity index (χ3v) is 2.37. The highest BCUT2D eigenvalue weighted by Crippen LogP contribution is 2.23. The van der Waals surface area contributed by atoms with Gasteiger partial charge in [-0.2, -0.15) is 0 Å². The number of benzene rings is 1. The Morgan fingerprint density at radius 1 is 1.44 bits per heavy atom. The molecule has 0 spiro atoms. The maximum Gasteiger partial charge on any atom is 0.216 e. The lowest BCUT2D eigenvalue weighted by Crippen LogP contribution is -2.17. The van der Waals surface area contributed by atoms with Crippen LogP contribution in [0.5, 0.6) is 5.75 Å². The topological polar surface area (TPSA) is 30.8 Å². The van der Waals surface area contributed by atoms with Crippen LogP contribution in [0.15, 0.2) is 23.2 Å². The van der Waals surface area contributed by atoms with Crippen LogP contribution < -0.4 is 4.74 Å². The van der Waals surface area contributed by atoms with E-state index < -0.39 is 5.82 Å². The zero-order valence-electron chi connectivity index (χ0n) is 9.58. The van der Waals surface area contributed by atoms with Gasteiger partial charge in [-0.05, 0) is 32.0 Å². The van der Waals surface area contributed by atoms with Gasteiger partial charge in [-0.3, -0.25) is 0 Å². The molecule has 2 rings (SSSR count). The van der Waals surface area contributed by atoms with Crippen LogP contribution in [0.25, 0.3) is 0 Å². The van der Waals surface area contributed by atoms with Crippen LogP contribution in [0.4, 0.5) is 4.39 Å². The fourth-order valence-corrected chi connectivity index (χ4v) is 1.53. The summed E-state index contributed by atoms with van der Waals surface area (Å²) in [5.74, 6) is 0.309. The molecule has 0 saturated carbocycles. The Morgan fingerprint density at radius 2 is 2.19 bits per heavy atom. The average Bonchev–Trinajstić information content (AvgIpc) is 2.59. The predicted molar refractivity (Wildman–Crippen MR) is 59.5 cm³/mol. The Balaban J connectivity index is 2.33. The first-order chi connectivity index (χ1) is 7.52. The Labute approximate surface area is 93.9 Å². The maximum atomic E-state index is 13.5. The first-order valence-corrected chi connectivity index (χ1v) is 5.08. The van der Waals surface area contributed by atoms with Gasteiger partial charge in [0.05, 0.1) is 12.6 Å². The van der Waals surface area contributed by atoms with Crippen molar-refractivity contribution in [3.63, 3.8) is 0 Å². The molecule has 1 aromatic rings. The van der Waals surface area contributed by atoms with E-state index in [0.717, 1.165) is 0 Å². The normalized spacial score (nSPS) is 17.9. The van der Waals surface area contributed by atoms with Crippen molar-refractivity contribution in [2.24, 2.45) is 4.99 Å². The molecule has 4 heteroatoms. The maximum absolute atomic E-state index is 13.5. The summed E-state index contributed by atoms with van der Waals surface area (Å²) >= 11 is 0. The Morgan fingerprint density at radius 3 is 2.69 bits per heavy atom. The highest BCUT2D eigenvalue weighted by molar-refractivity contribution is 5.95. The molecule has 0 N–H and O–H groups in total. The molecule has 16 heavy (non-hydrogen) atoms. The van der Waals surface area contributed by atoms with E-state index in [-0.39, 0.29) is 11.3 Å². The summed E-state index contributed by atoms with van der Waals surface area (Å²) in [6, 6.07) is 4.68. The highest BCUT2D eigenvalue weighted by atomic mass is 19.1. The monoisotopic (exact) mass is 223 g/mol. The van der Waals surface area contributed by atoms with Gasteiger partial charge < -0.3 is 9.47 Å². The van der Waals surface area contributed by atoms with Gasteiger partial charge in [0, 0.05) is 5.56 Å². The fraction of sp³-hybridized carbons (Fsp3) is 0.417. The molecule has 3 nitrogen and oxygen atoms in total. The molecule has 0 aromatic heterocycles. The molecule has 1 aliphatic rings. The summed E-state index contributed by atoms with van der Waals surface area (Å²) in [6.07, 6.45) is 0. The van der Waals surface area contributed by atoms with Gasteiger partial charge >= 0.3 is 0 Å². The number of hydrogen-bond acceptors (Lipinski definition) is 3. The molecule has 86 valence electrons. The van der Waals surface area contributed by atoms with E-state index in [1.807, 2.05) is 13.8 Å². The molecular formula is C12H14FNO2. The number of ether oxygens (including phenoxy) is 2. The van der Waals surface area contributed by atoms with E-state index in [1.165, 1.54) is 13.2 Å². The summed E-state index contributed by atoms with van der Waals surface area (Å²) < 4.78 is 23.7. The summed E-state index contributed by atoms with van der Waals surface area (Å²) in [5.41, 5.74) is 0.412. The van der Waals surface area contributed by atoms with Crippen LogP contribution in [-0.4, -0.2) is 25.2 Å². The molecule has 0 aliphatic carbocycles. The zero-order valence-corrected chi connectivity index (χ0v) is 9.58. The second-order valence-corrected chi connectivity index (χ2v) is 4.37. The molecule has 0 saturated heterocycles. The molecule has 0 atom stereocenters. The molecule has 0 radical (unpaired) electrons. The fourth-order valence-electron chi connectivity index (χ4n) is 1.53. The number of halogens is 1. The van der Waals surface area contributed by atoms with Crippen molar-refractivity contribution in [3.05, 3.63) is 29.6 Å². The van der Waals surface area contributed by atoms with E-state index in [2.05, 4.69) is 4.99 Å². The number of nitrogens with zero attached hydrogens (tertiary/aromatic N) is 1. The third-order valence-electron chi connectivity index (χ3n) is 2.37. The number of rotatable bonds is 2. The second-order valence-electron chi connectivity index (χ2n) is 4.37. The molecule has 0 bridgehead atoms. The van der Waals surface area contributed by atoms with Crippen molar-refractivity contribution in [2.45, 2.75) is 19.4 Å². The lowest BCUT2D eigenvalue weighted by Gasteiger charge is -2.07. The first kappa shape index (κ1) is 10.9. The Bertz CT molecular complexity index is 441. The van der Waals surface area contributed by atoms with Gasteiger partial charge in [0.1, 0.15) is 6.61 Å². The van der Waals surface area contributed by atoms with Crippen LogP contribution in [0, 0.1) is 5.82 Å². The van der Waals surface area contributed by atoms with E-state index in [1.54, 1.807) is 12.1 Å². The minimum atomic E-state index is -0.406. The van der Waals surface area contributed by atoms with Crippen LogP contribution >= 0.6 is 0 Å².